The van der Waals surface area contributed by atoms with Crippen LogP contribution in [0.1, 0.15) is 5.56 Å². The Morgan fingerprint density at radius 2 is 1.88 bits per heavy atom. The molecule has 0 atom stereocenters. The molecule has 132 valence electrons. The van der Waals surface area contributed by atoms with Crippen LogP contribution >= 0.6 is 15.9 Å². The number of phenols is 1. The Hall–Kier alpha value is -2.05. The Kier molecular flexibility index (Phi) is 5.60. The molecule has 1 fully saturated rings. The van der Waals surface area contributed by atoms with Gasteiger partial charge in [0.2, 0.25) is 5.91 Å². The van der Waals surface area contributed by atoms with Gasteiger partial charge in [0.05, 0.1) is 12.2 Å². The van der Waals surface area contributed by atoms with E-state index >= 15 is 0 Å². The average Bonchev–Trinajstić information content (AvgIpc) is 2.59. The van der Waals surface area contributed by atoms with Gasteiger partial charge in [-0.15, -0.1) is 0 Å². The first-order valence-corrected chi connectivity index (χ1v) is 9.13. The molecule has 5 nitrogen and oxygen atoms in total. The van der Waals surface area contributed by atoms with E-state index in [1.54, 1.807) is 6.07 Å². The third-order valence-electron chi connectivity index (χ3n) is 4.42. The highest BCUT2D eigenvalue weighted by molar-refractivity contribution is 9.10. The summed E-state index contributed by atoms with van der Waals surface area (Å²) in [5.74, 6) is 0.297. The van der Waals surface area contributed by atoms with Crippen LogP contribution in [-0.2, 0) is 4.79 Å². The molecule has 2 aromatic carbocycles. The van der Waals surface area contributed by atoms with Crippen LogP contribution in [0.25, 0.3) is 0 Å². The fourth-order valence-electron chi connectivity index (χ4n) is 2.95. The fraction of sp³-hybridized carbons (Fsp3) is 0.316. The maximum atomic E-state index is 12.3. The number of nitrogens with one attached hydrogen (secondary N) is 1. The molecule has 1 aliphatic heterocycles. The lowest BCUT2D eigenvalue weighted by molar-refractivity contribution is -0.117. The molecule has 0 aliphatic carbocycles. The van der Waals surface area contributed by atoms with Crippen LogP contribution in [0.3, 0.4) is 0 Å². The van der Waals surface area contributed by atoms with E-state index in [9.17, 15) is 9.90 Å². The number of aryl methyl sites for hydroxylation is 1. The number of nitrogens with zero attached hydrogens (tertiary/aromatic N) is 2. The van der Waals surface area contributed by atoms with Gasteiger partial charge < -0.3 is 15.3 Å². The second kappa shape index (κ2) is 7.89. The predicted octanol–water partition coefficient (Wildman–Crippen LogP) is 3.22. The molecule has 2 N–H and O–H groups in total. The van der Waals surface area contributed by atoms with Crippen molar-refractivity contribution < 1.29 is 9.90 Å². The molecular formula is C19H22BrN3O2. The van der Waals surface area contributed by atoms with Crippen molar-refractivity contribution in [1.29, 1.82) is 0 Å². The van der Waals surface area contributed by atoms with Gasteiger partial charge in [-0.05, 0) is 36.8 Å². The molecule has 3 rings (SSSR count). The summed E-state index contributed by atoms with van der Waals surface area (Å²) in [4.78, 5) is 16.5. The minimum absolute atomic E-state index is 0.00763. The van der Waals surface area contributed by atoms with Gasteiger partial charge in [-0.25, -0.2) is 0 Å². The predicted molar refractivity (Wildman–Crippen MR) is 104 cm³/mol. The first kappa shape index (κ1) is 17.8. The minimum Gasteiger partial charge on any atom is -0.506 e. The van der Waals surface area contributed by atoms with Crippen LogP contribution in [0.4, 0.5) is 11.4 Å². The Morgan fingerprint density at radius 1 is 1.16 bits per heavy atom. The van der Waals surface area contributed by atoms with Gasteiger partial charge in [0.15, 0.2) is 0 Å². The smallest absolute Gasteiger partial charge is 0.238 e. The highest BCUT2D eigenvalue weighted by atomic mass is 79.9. The molecule has 0 aromatic heterocycles. The zero-order valence-corrected chi connectivity index (χ0v) is 15.8. The summed E-state index contributed by atoms with van der Waals surface area (Å²) in [7, 11) is 0. The Labute approximate surface area is 156 Å². The number of carbonyl (C=O) groups is 1. The number of anilines is 2. The van der Waals surface area contributed by atoms with E-state index in [2.05, 4.69) is 31.0 Å². The maximum absolute atomic E-state index is 12.3. The summed E-state index contributed by atoms with van der Waals surface area (Å²) >= 11 is 3.48. The lowest BCUT2D eigenvalue weighted by atomic mass is 10.2. The fourth-order valence-corrected chi connectivity index (χ4v) is 3.33. The molecule has 0 bridgehead atoms. The van der Waals surface area contributed by atoms with E-state index in [1.807, 2.05) is 43.3 Å². The second-order valence-electron chi connectivity index (χ2n) is 6.26. The molecule has 2 aromatic rings. The highest BCUT2D eigenvalue weighted by Gasteiger charge is 2.20. The lowest BCUT2D eigenvalue weighted by Gasteiger charge is -2.35. The van der Waals surface area contributed by atoms with E-state index in [0.717, 1.165) is 47.6 Å². The molecule has 0 unspecified atom stereocenters. The number of amides is 1. The third-order valence-corrected chi connectivity index (χ3v) is 5.27. The van der Waals surface area contributed by atoms with Crippen molar-refractivity contribution in [1.82, 2.24) is 4.90 Å². The third kappa shape index (κ3) is 4.52. The number of carbonyl (C=O) groups excluding carboxylic acids is 1. The van der Waals surface area contributed by atoms with Crippen molar-refractivity contribution in [2.45, 2.75) is 6.92 Å². The summed E-state index contributed by atoms with van der Waals surface area (Å²) in [5.41, 5.74) is 2.80. The van der Waals surface area contributed by atoms with Gasteiger partial charge in [0, 0.05) is 36.3 Å². The molecule has 1 aliphatic rings. The monoisotopic (exact) mass is 403 g/mol. The number of aromatic hydroxyl groups is 1. The van der Waals surface area contributed by atoms with Crippen LogP contribution < -0.4 is 10.2 Å². The summed E-state index contributed by atoms with van der Waals surface area (Å²) < 4.78 is 0.988. The van der Waals surface area contributed by atoms with Crippen molar-refractivity contribution in [2.75, 3.05) is 42.9 Å². The van der Waals surface area contributed by atoms with Gasteiger partial charge >= 0.3 is 0 Å². The van der Waals surface area contributed by atoms with E-state index in [4.69, 9.17) is 0 Å². The van der Waals surface area contributed by atoms with E-state index in [0.29, 0.717) is 12.3 Å². The number of rotatable bonds is 4. The number of hydrogen-bond donors (Lipinski definition) is 2. The van der Waals surface area contributed by atoms with Crippen molar-refractivity contribution in [2.24, 2.45) is 0 Å². The molecule has 1 amide bonds. The number of piperazine rings is 1. The normalized spacial score (nSPS) is 15.2. The number of halogens is 1. The Bertz CT molecular complexity index is 758. The lowest BCUT2D eigenvalue weighted by Crippen LogP contribution is -2.48. The standard InChI is InChI=1S/C19H22BrN3O2/c1-14-6-7-15(12-16(14)20)21-19(25)13-22-8-10-23(11-9-22)17-4-2-3-5-18(17)24/h2-7,12,24H,8-11,13H2,1H3,(H,21,25). The van der Waals surface area contributed by atoms with Crippen LogP contribution in [0, 0.1) is 6.92 Å². The molecule has 6 heteroatoms. The maximum Gasteiger partial charge on any atom is 0.238 e. The molecule has 0 spiro atoms. The van der Waals surface area contributed by atoms with Gasteiger partial charge in [0.1, 0.15) is 5.75 Å². The molecule has 1 heterocycles. The Balaban J connectivity index is 1.51. The zero-order chi connectivity index (χ0) is 17.8. The van der Waals surface area contributed by atoms with Crippen LogP contribution in [-0.4, -0.2) is 48.6 Å². The highest BCUT2D eigenvalue weighted by Crippen LogP contribution is 2.27. The summed E-state index contributed by atoms with van der Waals surface area (Å²) in [6.07, 6.45) is 0. The summed E-state index contributed by atoms with van der Waals surface area (Å²) in [6.45, 7) is 5.56. The molecule has 1 saturated heterocycles. The van der Waals surface area contributed by atoms with E-state index < -0.39 is 0 Å². The minimum atomic E-state index is -0.00763. The first-order valence-electron chi connectivity index (χ1n) is 8.34. The van der Waals surface area contributed by atoms with Crippen molar-refractivity contribution in [3.63, 3.8) is 0 Å². The van der Waals surface area contributed by atoms with Gasteiger partial charge in [-0.3, -0.25) is 9.69 Å². The summed E-state index contributed by atoms with van der Waals surface area (Å²) in [6, 6.07) is 13.2. The van der Waals surface area contributed by atoms with Crippen LogP contribution in [0.2, 0.25) is 0 Å². The summed E-state index contributed by atoms with van der Waals surface area (Å²) in [5, 5.41) is 12.9. The second-order valence-corrected chi connectivity index (χ2v) is 7.12. The van der Waals surface area contributed by atoms with Crippen molar-refractivity contribution >= 4 is 33.2 Å². The van der Waals surface area contributed by atoms with Crippen LogP contribution in [0.5, 0.6) is 5.75 Å². The number of para-hydroxylation sites is 2. The van der Waals surface area contributed by atoms with Crippen molar-refractivity contribution in [3.8, 4) is 5.75 Å². The number of benzene rings is 2. The first-order chi connectivity index (χ1) is 12.0. The SMILES string of the molecule is Cc1ccc(NC(=O)CN2CCN(c3ccccc3O)CC2)cc1Br. The number of phenolic OH excluding ortho intramolecular Hbond substituents is 1. The molecule has 25 heavy (non-hydrogen) atoms. The topological polar surface area (TPSA) is 55.8 Å². The van der Waals surface area contributed by atoms with E-state index in [-0.39, 0.29) is 5.91 Å². The molecule has 0 radical (unpaired) electrons. The zero-order valence-electron chi connectivity index (χ0n) is 14.2. The molecular weight excluding hydrogens is 382 g/mol. The number of hydrogen-bond acceptors (Lipinski definition) is 4. The van der Waals surface area contributed by atoms with Crippen LogP contribution in [0.15, 0.2) is 46.9 Å². The Morgan fingerprint density at radius 3 is 2.56 bits per heavy atom. The van der Waals surface area contributed by atoms with Gasteiger partial charge in [-0.2, -0.15) is 0 Å². The quantitative estimate of drug-likeness (QED) is 0.822. The largest absolute Gasteiger partial charge is 0.506 e. The molecule has 0 saturated carbocycles. The van der Waals surface area contributed by atoms with Crippen molar-refractivity contribution in [3.05, 3.63) is 52.5 Å². The van der Waals surface area contributed by atoms with Gasteiger partial charge in [0.25, 0.3) is 0 Å². The average molecular weight is 404 g/mol. The van der Waals surface area contributed by atoms with Gasteiger partial charge in [-0.1, -0.05) is 34.1 Å². The van der Waals surface area contributed by atoms with E-state index in [1.165, 1.54) is 0 Å².